The number of nitrogens with zero attached hydrogens (tertiary/aromatic N) is 7. The van der Waals surface area contributed by atoms with Crippen molar-refractivity contribution in [1.29, 1.82) is 0 Å². The predicted octanol–water partition coefficient (Wildman–Crippen LogP) is 3.50. The molecule has 6 rings (SSSR count). The summed E-state index contributed by atoms with van der Waals surface area (Å²) in [5, 5.41) is 14.5. The molecule has 12 heteroatoms. The van der Waals surface area contributed by atoms with E-state index in [2.05, 4.69) is 20.6 Å². The molecule has 1 aliphatic rings. The third kappa shape index (κ3) is 4.93. The van der Waals surface area contributed by atoms with Gasteiger partial charge in [0.05, 0.1) is 7.11 Å². The quantitative estimate of drug-likeness (QED) is 0.280. The molecule has 1 aliphatic carbocycles. The van der Waals surface area contributed by atoms with Gasteiger partial charge >= 0.3 is 11.7 Å². The number of hydrogen-bond acceptors (Lipinski definition) is 8. The molecule has 2 aromatic carbocycles. The molecule has 216 valence electrons. The smallest absolute Gasteiger partial charge is 0.333 e. The summed E-state index contributed by atoms with van der Waals surface area (Å²) >= 11 is 0. The van der Waals surface area contributed by atoms with Crippen molar-refractivity contribution in [2.24, 2.45) is 0 Å². The molecule has 0 atom stereocenters. The van der Waals surface area contributed by atoms with Crippen LogP contribution in [0.15, 0.2) is 58.1 Å². The summed E-state index contributed by atoms with van der Waals surface area (Å²) in [5.41, 5.74) is 3.38. The molecule has 0 saturated heterocycles. The fraction of sp³-hybridized carbons (Fsp3) is 0.367. The summed E-state index contributed by atoms with van der Waals surface area (Å²) in [4.78, 5) is 44.2. The molecule has 5 aromatic rings. The number of esters is 1. The Morgan fingerprint density at radius 3 is 2.38 bits per heavy atom. The molecule has 0 spiro atoms. The first-order valence-corrected chi connectivity index (χ1v) is 14.2. The van der Waals surface area contributed by atoms with E-state index in [-0.39, 0.29) is 24.7 Å². The third-order valence-electron chi connectivity index (χ3n) is 8.06. The largest absolute Gasteiger partial charge is 0.468 e. The molecule has 1 N–H and O–H groups in total. The molecule has 3 heterocycles. The predicted molar refractivity (Wildman–Crippen MR) is 156 cm³/mol. The second-order valence-corrected chi connectivity index (χ2v) is 10.5. The zero-order valence-corrected chi connectivity index (χ0v) is 23.6. The topological polar surface area (TPSA) is 143 Å². The fourth-order valence-corrected chi connectivity index (χ4v) is 5.93. The lowest BCUT2D eigenvalue weighted by atomic mass is 9.88. The van der Waals surface area contributed by atoms with Crippen LogP contribution in [-0.2, 0) is 29.2 Å². The fourth-order valence-electron chi connectivity index (χ4n) is 5.93. The van der Waals surface area contributed by atoms with Crippen molar-refractivity contribution in [3.05, 3.63) is 80.8 Å². The lowest BCUT2D eigenvalue weighted by Gasteiger charge is -2.22. The van der Waals surface area contributed by atoms with Crippen molar-refractivity contribution in [1.82, 2.24) is 39.3 Å². The third-order valence-corrected chi connectivity index (χ3v) is 8.06. The van der Waals surface area contributed by atoms with E-state index in [1.54, 1.807) is 6.92 Å². The SMILES string of the molecule is CCn1c(=O)c2c(nc(C3CCCCC3)n2Cc2ccc(-c3ccccc3-c3nn[nH]n3)cc2)n(CC(=O)OC)c1=O. The van der Waals surface area contributed by atoms with Crippen LogP contribution in [0.5, 0.6) is 0 Å². The van der Waals surface area contributed by atoms with Gasteiger partial charge in [0.1, 0.15) is 12.4 Å². The number of H-pyrrole nitrogens is 1. The van der Waals surface area contributed by atoms with Gasteiger partial charge in [-0.3, -0.25) is 18.7 Å². The van der Waals surface area contributed by atoms with E-state index in [0.717, 1.165) is 58.3 Å². The van der Waals surface area contributed by atoms with Gasteiger partial charge in [-0.05, 0) is 41.7 Å². The van der Waals surface area contributed by atoms with Crippen LogP contribution in [0.3, 0.4) is 0 Å². The Labute approximate surface area is 241 Å². The molecule has 0 unspecified atom stereocenters. The number of fused-ring (bicyclic) bond motifs is 1. The van der Waals surface area contributed by atoms with E-state index in [1.807, 2.05) is 53.1 Å². The number of aromatic nitrogens is 8. The molecule has 0 aliphatic heterocycles. The zero-order valence-electron chi connectivity index (χ0n) is 23.6. The van der Waals surface area contributed by atoms with Crippen LogP contribution in [0.4, 0.5) is 0 Å². The summed E-state index contributed by atoms with van der Waals surface area (Å²) in [6.45, 7) is 1.99. The van der Waals surface area contributed by atoms with Gasteiger partial charge in [0.25, 0.3) is 5.56 Å². The van der Waals surface area contributed by atoms with Crippen molar-refractivity contribution in [3.63, 3.8) is 0 Å². The van der Waals surface area contributed by atoms with Crippen LogP contribution in [-0.4, -0.2) is 52.4 Å². The number of hydrogen-bond donors (Lipinski definition) is 1. The average Bonchev–Trinajstić information content (AvgIpc) is 3.69. The first-order valence-electron chi connectivity index (χ1n) is 14.2. The number of aromatic amines is 1. The van der Waals surface area contributed by atoms with Crippen molar-refractivity contribution < 1.29 is 9.53 Å². The van der Waals surface area contributed by atoms with Gasteiger partial charge in [-0.25, -0.2) is 9.78 Å². The second kappa shape index (κ2) is 11.6. The van der Waals surface area contributed by atoms with E-state index in [4.69, 9.17) is 9.72 Å². The Morgan fingerprint density at radius 1 is 0.976 bits per heavy atom. The number of carbonyl (C=O) groups is 1. The Morgan fingerprint density at radius 2 is 1.71 bits per heavy atom. The minimum atomic E-state index is -0.579. The number of ether oxygens (including phenoxy) is 1. The van der Waals surface area contributed by atoms with Gasteiger partial charge < -0.3 is 9.30 Å². The molecule has 3 aromatic heterocycles. The summed E-state index contributed by atoms with van der Waals surface area (Å²) in [7, 11) is 1.27. The van der Waals surface area contributed by atoms with E-state index in [1.165, 1.54) is 18.1 Å². The second-order valence-electron chi connectivity index (χ2n) is 10.5. The molecular weight excluding hydrogens is 536 g/mol. The number of tetrazole rings is 1. The van der Waals surface area contributed by atoms with Crippen molar-refractivity contribution in [2.75, 3.05) is 7.11 Å². The number of rotatable bonds is 8. The van der Waals surface area contributed by atoms with Crippen LogP contribution in [0, 0.1) is 0 Å². The highest BCUT2D eigenvalue weighted by atomic mass is 16.5. The normalized spacial score (nSPS) is 14.0. The van der Waals surface area contributed by atoms with E-state index in [9.17, 15) is 14.4 Å². The first-order chi connectivity index (χ1) is 20.5. The molecule has 0 bridgehead atoms. The van der Waals surface area contributed by atoms with E-state index >= 15 is 0 Å². The van der Waals surface area contributed by atoms with E-state index in [0.29, 0.717) is 17.9 Å². The van der Waals surface area contributed by atoms with Gasteiger partial charge in [0.15, 0.2) is 11.2 Å². The lowest BCUT2D eigenvalue weighted by Crippen LogP contribution is -2.41. The van der Waals surface area contributed by atoms with Gasteiger partial charge in [-0.15, -0.1) is 10.2 Å². The minimum absolute atomic E-state index is 0.156. The number of benzene rings is 2. The zero-order chi connectivity index (χ0) is 29.2. The maximum absolute atomic E-state index is 13.7. The highest BCUT2D eigenvalue weighted by Crippen LogP contribution is 2.34. The molecule has 42 heavy (non-hydrogen) atoms. The van der Waals surface area contributed by atoms with Crippen LogP contribution < -0.4 is 11.2 Å². The highest BCUT2D eigenvalue weighted by Gasteiger charge is 2.27. The van der Waals surface area contributed by atoms with Crippen molar-refractivity contribution >= 4 is 17.1 Å². The standard InChI is InChI=1S/C30H32N8O4/c1-3-36-29(40)25-28(38(30(36)41)18-24(39)42-2)31-27(21-9-5-4-6-10-21)37(25)17-19-13-15-20(16-14-19)22-11-7-8-12-23(22)26-32-34-35-33-26/h7-8,11-16,21H,3-6,9-10,17-18H2,1-2H3,(H,32,33,34,35). The van der Waals surface area contributed by atoms with Gasteiger partial charge in [0, 0.05) is 24.6 Å². The van der Waals surface area contributed by atoms with E-state index < -0.39 is 17.2 Å². The van der Waals surface area contributed by atoms with Gasteiger partial charge in [-0.1, -0.05) is 67.8 Å². The Bertz CT molecular complexity index is 1850. The Hall–Kier alpha value is -4.87. The summed E-state index contributed by atoms with van der Waals surface area (Å²) < 4.78 is 9.24. The molecule has 0 amide bonds. The summed E-state index contributed by atoms with van der Waals surface area (Å²) in [6.07, 6.45) is 5.24. The highest BCUT2D eigenvalue weighted by molar-refractivity contribution is 5.80. The molecular formula is C30H32N8O4. The van der Waals surface area contributed by atoms with Gasteiger partial charge in [0.2, 0.25) is 5.82 Å². The lowest BCUT2D eigenvalue weighted by molar-refractivity contribution is -0.141. The first kappa shape index (κ1) is 27.3. The summed E-state index contributed by atoms with van der Waals surface area (Å²) in [5.74, 6) is 0.871. The molecule has 1 fully saturated rings. The molecule has 12 nitrogen and oxygen atoms in total. The van der Waals surface area contributed by atoms with Crippen LogP contribution in [0.25, 0.3) is 33.7 Å². The van der Waals surface area contributed by atoms with Crippen LogP contribution in [0.2, 0.25) is 0 Å². The summed E-state index contributed by atoms with van der Waals surface area (Å²) in [6, 6.07) is 16.0. The maximum atomic E-state index is 13.7. The Kier molecular flexibility index (Phi) is 7.51. The Balaban J connectivity index is 1.46. The number of carbonyl (C=O) groups excluding carboxylic acids is 1. The number of nitrogens with one attached hydrogen (secondary N) is 1. The minimum Gasteiger partial charge on any atom is -0.468 e. The molecule has 1 saturated carbocycles. The average molecular weight is 569 g/mol. The monoisotopic (exact) mass is 568 g/mol. The van der Waals surface area contributed by atoms with Crippen molar-refractivity contribution in [2.45, 2.75) is 64.6 Å². The van der Waals surface area contributed by atoms with Crippen LogP contribution >= 0.6 is 0 Å². The maximum Gasteiger partial charge on any atom is 0.333 e. The van der Waals surface area contributed by atoms with Crippen LogP contribution in [0.1, 0.15) is 56.3 Å². The van der Waals surface area contributed by atoms with Crippen molar-refractivity contribution in [3.8, 4) is 22.5 Å². The number of methoxy groups -OCH3 is 1. The molecule has 0 radical (unpaired) electrons. The number of imidazole rings is 1. The van der Waals surface area contributed by atoms with Gasteiger partial charge in [-0.2, -0.15) is 5.21 Å².